The van der Waals surface area contributed by atoms with Gasteiger partial charge in [-0.15, -0.1) is 0 Å². The molecular formula is C12H13N. The Balaban J connectivity index is 2.13. The molecule has 1 aromatic carbocycles. The number of hydrogen-bond acceptors (Lipinski definition) is 1. The van der Waals surface area contributed by atoms with Crippen LogP contribution in [0, 0.1) is 0 Å². The SMILES string of the molecule is [2H]C([2H])([2H])C1=CNC(c2ccccc2)C=C1. The van der Waals surface area contributed by atoms with Gasteiger partial charge in [-0.2, -0.15) is 0 Å². The third-order valence-electron chi connectivity index (χ3n) is 2.05. The third-order valence-corrected chi connectivity index (χ3v) is 2.05. The molecule has 13 heavy (non-hydrogen) atoms. The average molecular weight is 174 g/mol. The molecular weight excluding hydrogens is 158 g/mol. The first-order chi connectivity index (χ1) is 7.57. The molecule has 0 saturated carbocycles. The number of hydrogen-bond donors (Lipinski definition) is 1. The molecule has 0 aliphatic carbocycles. The zero-order valence-corrected chi connectivity index (χ0v) is 7.20. The fraction of sp³-hybridized carbons (Fsp3) is 0.167. The number of allylic oxidation sites excluding steroid dienone is 2. The topological polar surface area (TPSA) is 12.0 Å². The molecule has 1 aliphatic rings. The summed E-state index contributed by atoms with van der Waals surface area (Å²) in [5, 5.41) is 3.08. The molecule has 0 amide bonds. The van der Waals surface area contributed by atoms with Crippen LogP contribution in [0.15, 0.2) is 54.3 Å². The van der Waals surface area contributed by atoms with E-state index in [1.54, 1.807) is 12.3 Å². The molecule has 1 nitrogen and oxygen atoms in total. The lowest BCUT2D eigenvalue weighted by molar-refractivity contribution is 0.739. The molecule has 1 aliphatic heterocycles. The van der Waals surface area contributed by atoms with Crippen molar-refractivity contribution in [3.63, 3.8) is 0 Å². The van der Waals surface area contributed by atoms with Gasteiger partial charge in [0.15, 0.2) is 0 Å². The van der Waals surface area contributed by atoms with Gasteiger partial charge in [0.05, 0.1) is 6.04 Å². The number of benzene rings is 1. The fourth-order valence-electron chi connectivity index (χ4n) is 1.35. The van der Waals surface area contributed by atoms with Crippen LogP contribution in [0.3, 0.4) is 0 Å². The molecule has 0 spiro atoms. The van der Waals surface area contributed by atoms with Crippen molar-refractivity contribution >= 4 is 0 Å². The van der Waals surface area contributed by atoms with Crippen LogP contribution in [-0.4, -0.2) is 0 Å². The summed E-state index contributed by atoms with van der Waals surface area (Å²) in [6.45, 7) is -2.04. The van der Waals surface area contributed by atoms with E-state index in [2.05, 4.69) is 5.32 Å². The van der Waals surface area contributed by atoms with E-state index in [0.29, 0.717) is 5.57 Å². The third kappa shape index (κ3) is 1.81. The van der Waals surface area contributed by atoms with Crippen LogP contribution in [-0.2, 0) is 0 Å². The molecule has 0 saturated heterocycles. The number of dihydropyridines is 1. The van der Waals surface area contributed by atoms with Gasteiger partial charge in [-0.1, -0.05) is 42.5 Å². The highest BCUT2D eigenvalue weighted by atomic mass is 14.9. The molecule has 1 heterocycles. The van der Waals surface area contributed by atoms with Crippen molar-refractivity contribution in [2.75, 3.05) is 0 Å². The van der Waals surface area contributed by atoms with E-state index < -0.39 is 6.85 Å². The van der Waals surface area contributed by atoms with E-state index in [-0.39, 0.29) is 6.04 Å². The highest BCUT2D eigenvalue weighted by Crippen LogP contribution is 2.17. The Labute approximate surface area is 83.0 Å². The Bertz CT molecular complexity index is 418. The molecule has 0 fully saturated rings. The minimum Gasteiger partial charge on any atom is -0.380 e. The maximum absolute atomic E-state index is 7.27. The lowest BCUT2D eigenvalue weighted by atomic mass is 10.0. The van der Waals surface area contributed by atoms with Crippen LogP contribution >= 0.6 is 0 Å². The second-order valence-corrected chi connectivity index (χ2v) is 3.01. The molecule has 0 radical (unpaired) electrons. The largest absolute Gasteiger partial charge is 0.380 e. The van der Waals surface area contributed by atoms with Crippen LogP contribution < -0.4 is 5.32 Å². The van der Waals surface area contributed by atoms with Crippen LogP contribution in [0.25, 0.3) is 0 Å². The first kappa shape index (κ1) is 5.28. The predicted molar refractivity (Wildman–Crippen MR) is 55.2 cm³/mol. The van der Waals surface area contributed by atoms with Crippen molar-refractivity contribution in [3.05, 3.63) is 59.8 Å². The fourth-order valence-corrected chi connectivity index (χ4v) is 1.35. The molecule has 0 aromatic heterocycles. The molecule has 2 rings (SSSR count). The first-order valence-electron chi connectivity index (χ1n) is 5.77. The Hall–Kier alpha value is -1.50. The monoisotopic (exact) mass is 174 g/mol. The van der Waals surface area contributed by atoms with E-state index in [1.807, 2.05) is 36.4 Å². The van der Waals surface area contributed by atoms with E-state index in [0.717, 1.165) is 5.56 Å². The van der Waals surface area contributed by atoms with Crippen LogP contribution in [0.5, 0.6) is 0 Å². The quantitative estimate of drug-likeness (QED) is 0.690. The Morgan fingerprint density at radius 2 is 2.15 bits per heavy atom. The molecule has 66 valence electrons. The molecule has 0 bridgehead atoms. The van der Waals surface area contributed by atoms with Crippen molar-refractivity contribution in [1.82, 2.24) is 5.32 Å². The smallest absolute Gasteiger partial charge is 0.0695 e. The van der Waals surface area contributed by atoms with E-state index >= 15 is 0 Å². The average Bonchev–Trinajstić information content (AvgIpc) is 2.29. The predicted octanol–water partition coefficient (Wildman–Crippen LogP) is 2.79. The van der Waals surface area contributed by atoms with Gasteiger partial charge in [0.2, 0.25) is 0 Å². The zero-order valence-electron chi connectivity index (χ0n) is 10.2. The number of nitrogens with one attached hydrogen (secondary N) is 1. The molecule has 1 N–H and O–H groups in total. The Morgan fingerprint density at radius 1 is 1.31 bits per heavy atom. The highest BCUT2D eigenvalue weighted by molar-refractivity contribution is 5.30. The summed E-state index contributed by atoms with van der Waals surface area (Å²) in [7, 11) is 0. The number of rotatable bonds is 1. The van der Waals surface area contributed by atoms with Crippen molar-refractivity contribution < 1.29 is 4.11 Å². The first-order valence-corrected chi connectivity index (χ1v) is 4.27. The highest BCUT2D eigenvalue weighted by Gasteiger charge is 2.06. The van der Waals surface area contributed by atoms with Crippen molar-refractivity contribution in [2.45, 2.75) is 12.9 Å². The van der Waals surface area contributed by atoms with Crippen LogP contribution in [0.2, 0.25) is 0 Å². The summed E-state index contributed by atoms with van der Waals surface area (Å²) in [5.41, 5.74) is 1.47. The van der Waals surface area contributed by atoms with Crippen molar-refractivity contribution in [1.29, 1.82) is 0 Å². The lowest BCUT2D eigenvalue weighted by Crippen LogP contribution is -2.15. The minimum absolute atomic E-state index is 0.0623. The van der Waals surface area contributed by atoms with Crippen LogP contribution in [0.4, 0.5) is 0 Å². The normalized spacial score (nSPS) is 25.1. The summed E-state index contributed by atoms with van der Waals surface area (Å²) < 4.78 is 21.8. The summed E-state index contributed by atoms with van der Waals surface area (Å²) in [6, 6.07) is 9.97. The molecule has 1 heteroatoms. The standard InChI is InChI=1S/C12H13N/c1-10-7-8-12(13-9-10)11-5-3-2-4-6-11/h2-9,12-13H,1H3/i1D3. The van der Waals surface area contributed by atoms with Gasteiger partial charge >= 0.3 is 0 Å². The van der Waals surface area contributed by atoms with E-state index in [4.69, 9.17) is 4.11 Å². The summed E-state index contributed by atoms with van der Waals surface area (Å²) in [6.07, 6.45) is 5.11. The Morgan fingerprint density at radius 3 is 2.77 bits per heavy atom. The summed E-state index contributed by atoms with van der Waals surface area (Å²) in [4.78, 5) is 0. The van der Waals surface area contributed by atoms with Gasteiger partial charge in [0.25, 0.3) is 0 Å². The molecule has 1 aromatic rings. The van der Waals surface area contributed by atoms with E-state index in [1.165, 1.54) is 0 Å². The summed E-state index contributed by atoms with van der Waals surface area (Å²) in [5.74, 6) is 0. The molecule has 1 unspecified atom stereocenters. The van der Waals surface area contributed by atoms with Gasteiger partial charge in [-0.05, 0) is 18.0 Å². The maximum Gasteiger partial charge on any atom is 0.0695 e. The van der Waals surface area contributed by atoms with Crippen molar-refractivity contribution in [3.8, 4) is 0 Å². The second-order valence-electron chi connectivity index (χ2n) is 3.01. The van der Waals surface area contributed by atoms with Gasteiger partial charge in [0, 0.05) is 10.3 Å². The van der Waals surface area contributed by atoms with Gasteiger partial charge < -0.3 is 5.32 Å². The Kier molecular flexibility index (Phi) is 1.41. The van der Waals surface area contributed by atoms with Crippen molar-refractivity contribution in [2.24, 2.45) is 0 Å². The van der Waals surface area contributed by atoms with Crippen LogP contribution in [0.1, 0.15) is 22.6 Å². The minimum atomic E-state index is -2.04. The zero-order chi connectivity index (χ0) is 11.6. The van der Waals surface area contributed by atoms with Gasteiger partial charge in [-0.25, -0.2) is 0 Å². The van der Waals surface area contributed by atoms with E-state index in [9.17, 15) is 0 Å². The van der Waals surface area contributed by atoms with Gasteiger partial charge in [0.1, 0.15) is 0 Å². The second kappa shape index (κ2) is 3.48. The maximum atomic E-state index is 7.27. The molecule has 1 atom stereocenters. The summed E-state index contributed by atoms with van der Waals surface area (Å²) >= 11 is 0. The lowest BCUT2D eigenvalue weighted by Gasteiger charge is -2.17. The van der Waals surface area contributed by atoms with Gasteiger partial charge in [-0.3, -0.25) is 0 Å².